The standard InChI is InChI=1S/C37H57N5O7/c1-22(44)36(21-41-35(38)40-4)10-7-25-13-24-5-6-34(39-3)37(18-24)19-29(9-12-42-37)49-33-16-26(27(20-43)15-31(33)47)14-30(25)32(48-23(2)45)17-28(46)8-11-36/h15-16,22,24-25,28-30,32,34,39,42-44,46-47H,5-6,8-9,11-14,17-21H2,1-4H3,(H3,38,40,41). The van der Waals surface area contributed by atoms with Gasteiger partial charge in [0.1, 0.15) is 12.2 Å². The zero-order valence-corrected chi connectivity index (χ0v) is 29.5. The number of nitrogens with zero attached hydrogens (tertiary/aromatic N) is 1. The highest BCUT2D eigenvalue weighted by molar-refractivity contribution is 5.77. The number of aliphatic hydroxyl groups excluding tert-OH is 3. The summed E-state index contributed by atoms with van der Waals surface area (Å²) in [4.78, 5) is 16.7. The first-order valence-electron chi connectivity index (χ1n) is 18.0. The number of aliphatic hydroxyl groups is 3. The molecule has 2 aliphatic carbocycles. The van der Waals surface area contributed by atoms with Gasteiger partial charge in [0.25, 0.3) is 0 Å². The lowest BCUT2D eigenvalue weighted by Crippen LogP contribution is -2.66. The Morgan fingerprint density at radius 3 is 2.73 bits per heavy atom. The van der Waals surface area contributed by atoms with Gasteiger partial charge in [-0.05, 0) is 101 Å². The summed E-state index contributed by atoms with van der Waals surface area (Å²) in [5.41, 5.74) is 6.18. The van der Waals surface area contributed by atoms with Crippen molar-refractivity contribution >= 4 is 11.9 Å². The number of guanidine groups is 1. The smallest absolute Gasteiger partial charge is 0.302 e. The van der Waals surface area contributed by atoms with Crippen LogP contribution < -0.4 is 26.4 Å². The minimum absolute atomic E-state index is 0.0275. The fourth-order valence-electron chi connectivity index (χ4n) is 8.95. The number of likely N-dealkylation sites (N-methyl/N-ethyl adjacent to an activating group) is 1. The summed E-state index contributed by atoms with van der Waals surface area (Å²) < 4.78 is 12.6. The van der Waals surface area contributed by atoms with E-state index in [1.807, 2.05) is 13.1 Å². The summed E-state index contributed by atoms with van der Waals surface area (Å²) in [6.07, 6.45) is 3.93. The number of piperidine rings is 1. The number of ether oxygens (including phenoxy) is 2. The number of aliphatic imine (C=N–C) groups is 1. The van der Waals surface area contributed by atoms with Crippen molar-refractivity contribution in [3.8, 4) is 23.3 Å². The summed E-state index contributed by atoms with van der Waals surface area (Å²) in [6, 6.07) is 3.61. The van der Waals surface area contributed by atoms with Gasteiger partial charge in [-0.1, -0.05) is 11.8 Å². The van der Waals surface area contributed by atoms with E-state index in [1.54, 1.807) is 20.0 Å². The number of phenols is 1. The molecule has 9 N–H and O–H groups in total. The second kappa shape index (κ2) is 15.9. The molecule has 2 heterocycles. The highest BCUT2D eigenvalue weighted by Gasteiger charge is 2.48. The van der Waals surface area contributed by atoms with Crippen LogP contribution in [0.2, 0.25) is 0 Å². The van der Waals surface area contributed by atoms with E-state index in [0.717, 1.165) is 50.6 Å². The summed E-state index contributed by atoms with van der Waals surface area (Å²) in [5.74, 6) is 6.89. The Kier molecular flexibility index (Phi) is 12.0. The third-order valence-corrected chi connectivity index (χ3v) is 11.7. The first kappa shape index (κ1) is 37.2. The van der Waals surface area contributed by atoms with Crippen LogP contribution in [0.3, 0.4) is 0 Å². The number of fused-ring (bicyclic) bond motifs is 5. The predicted molar refractivity (Wildman–Crippen MR) is 187 cm³/mol. The molecule has 10 atom stereocenters. The highest BCUT2D eigenvalue weighted by Crippen LogP contribution is 2.45. The van der Waals surface area contributed by atoms with Crippen molar-refractivity contribution in [1.82, 2.24) is 16.0 Å². The van der Waals surface area contributed by atoms with Crippen LogP contribution >= 0.6 is 0 Å². The Balaban J connectivity index is 1.70. The van der Waals surface area contributed by atoms with Crippen molar-refractivity contribution in [1.29, 1.82) is 0 Å². The fraction of sp³-hybridized carbons (Fsp3) is 0.730. The third-order valence-electron chi connectivity index (χ3n) is 11.7. The quantitative estimate of drug-likeness (QED) is 0.0943. The Labute approximate surface area is 290 Å². The highest BCUT2D eigenvalue weighted by atomic mass is 16.5. The molecular weight excluding hydrogens is 626 g/mol. The maximum absolute atomic E-state index is 12.6. The van der Waals surface area contributed by atoms with Gasteiger partial charge in [-0.25, -0.2) is 0 Å². The molecule has 49 heavy (non-hydrogen) atoms. The fourth-order valence-corrected chi connectivity index (χ4v) is 8.95. The van der Waals surface area contributed by atoms with Crippen molar-refractivity contribution in [3.05, 3.63) is 23.3 Å². The maximum Gasteiger partial charge on any atom is 0.302 e. The van der Waals surface area contributed by atoms with E-state index >= 15 is 0 Å². The zero-order chi connectivity index (χ0) is 35.3. The molecule has 5 bridgehead atoms. The Morgan fingerprint density at radius 2 is 2.04 bits per heavy atom. The molecule has 12 heteroatoms. The summed E-state index contributed by atoms with van der Waals surface area (Å²) in [5, 5.41) is 54.8. The number of esters is 1. The molecule has 1 saturated carbocycles. The normalized spacial score (nSPS) is 35.7. The molecule has 12 nitrogen and oxygen atoms in total. The van der Waals surface area contributed by atoms with Crippen LogP contribution in [0.15, 0.2) is 17.1 Å². The van der Waals surface area contributed by atoms with Gasteiger partial charge in [0.15, 0.2) is 17.5 Å². The van der Waals surface area contributed by atoms with E-state index in [9.17, 15) is 25.2 Å². The largest absolute Gasteiger partial charge is 0.504 e. The van der Waals surface area contributed by atoms with E-state index in [0.29, 0.717) is 30.6 Å². The van der Waals surface area contributed by atoms with Crippen molar-refractivity contribution in [2.24, 2.45) is 33.9 Å². The number of aromatic hydroxyl groups is 1. The van der Waals surface area contributed by atoms with Gasteiger partial charge >= 0.3 is 5.97 Å². The van der Waals surface area contributed by atoms with Gasteiger partial charge in [0.2, 0.25) is 0 Å². The number of benzene rings is 1. The van der Waals surface area contributed by atoms with Crippen LogP contribution in [-0.2, 0) is 22.6 Å². The Bertz CT molecular complexity index is 1410. The third kappa shape index (κ3) is 8.46. The molecule has 2 aliphatic heterocycles. The van der Waals surface area contributed by atoms with Crippen LogP contribution in [0.1, 0.15) is 82.8 Å². The molecule has 1 spiro atoms. The van der Waals surface area contributed by atoms with Gasteiger partial charge in [0, 0.05) is 56.8 Å². The van der Waals surface area contributed by atoms with E-state index in [2.05, 4.69) is 32.8 Å². The van der Waals surface area contributed by atoms with Crippen LogP contribution in [-0.4, -0.2) is 95.5 Å². The van der Waals surface area contributed by atoms with E-state index in [1.165, 1.54) is 6.92 Å². The van der Waals surface area contributed by atoms with Crippen molar-refractivity contribution in [2.45, 2.75) is 121 Å². The molecular formula is C37H57N5O7. The maximum atomic E-state index is 12.6. The van der Waals surface area contributed by atoms with Crippen molar-refractivity contribution in [2.75, 3.05) is 27.2 Å². The number of hydrogen-bond donors (Lipinski definition) is 8. The van der Waals surface area contributed by atoms with Crippen LogP contribution in [0, 0.1) is 35.0 Å². The van der Waals surface area contributed by atoms with Gasteiger partial charge in [-0.2, -0.15) is 0 Å². The van der Waals surface area contributed by atoms with E-state index in [4.69, 9.17) is 15.2 Å². The first-order chi connectivity index (χ1) is 23.4. The van der Waals surface area contributed by atoms with Crippen LogP contribution in [0.4, 0.5) is 0 Å². The van der Waals surface area contributed by atoms with Gasteiger partial charge < -0.3 is 51.6 Å². The number of carbonyl (C=O) groups is 1. The molecule has 10 unspecified atom stereocenters. The Morgan fingerprint density at radius 1 is 1.24 bits per heavy atom. The van der Waals surface area contributed by atoms with Gasteiger partial charge in [-0.15, -0.1) is 0 Å². The van der Waals surface area contributed by atoms with Gasteiger partial charge in [-0.3, -0.25) is 9.79 Å². The summed E-state index contributed by atoms with van der Waals surface area (Å²) in [6.45, 7) is 3.83. The van der Waals surface area contributed by atoms with E-state index in [-0.39, 0.29) is 66.7 Å². The molecule has 5 rings (SSSR count). The SMILES string of the molecule is CN=C(N)NCC1(C(C)O)C#CC2CC3CCC(NC)C4(C3)CC(CCN4)Oc3cc(c(CO)cc3O)CC2C(OC(C)=O)CC(O)CC1. The lowest BCUT2D eigenvalue weighted by atomic mass is 9.64. The molecule has 2 fully saturated rings. The number of rotatable bonds is 6. The number of phenolic OH excluding ortho intramolecular Hbond substituents is 1. The monoisotopic (exact) mass is 683 g/mol. The van der Waals surface area contributed by atoms with Crippen molar-refractivity contribution in [3.63, 3.8) is 0 Å². The minimum Gasteiger partial charge on any atom is -0.504 e. The van der Waals surface area contributed by atoms with Crippen LogP contribution in [0.5, 0.6) is 11.5 Å². The van der Waals surface area contributed by atoms with E-state index < -0.39 is 29.7 Å². The number of carbonyl (C=O) groups excluding carboxylic acids is 1. The molecule has 4 aliphatic rings. The second-order valence-electron chi connectivity index (χ2n) is 14.9. The lowest BCUT2D eigenvalue weighted by Gasteiger charge is -2.52. The second-order valence-corrected chi connectivity index (χ2v) is 14.9. The number of hydrogen-bond acceptors (Lipinski definition) is 10. The summed E-state index contributed by atoms with van der Waals surface area (Å²) in [7, 11) is 3.60. The number of nitrogens with two attached hydrogens (primary N) is 1. The lowest BCUT2D eigenvalue weighted by molar-refractivity contribution is -0.152. The first-order valence-corrected chi connectivity index (χ1v) is 18.0. The molecule has 1 saturated heterocycles. The topological polar surface area (TPSA) is 191 Å². The molecule has 0 amide bonds. The summed E-state index contributed by atoms with van der Waals surface area (Å²) >= 11 is 0. The van der Waals surface area contributed by atoms with Crippen LogP contribution in [0.25, 0.3) is 0 Å². The molecule has 1 aromatic rings. The molecule has 1 aromatic carbocycles. The zero-order valence-electron chi connectivity index (χ0n) is 29.5. The predicted octanol–water partition coefficient (Wildman–Crippen LogP) is 1.70. The average Bonchev–Trinajstić information content (AvgIpc) is 3.06. The molecule has 272 valence electrons. The number of nitrogens with one attached hydrogen (secondary N) is 3. The molecule has 0 radical (unpaired) electrons. The Hall–Kier alpha value is -3.08. The average molecular weight is 684 g/mol. The minimum atomic E-state index is -0.935. The van der Waals surface area contributed by atoms with Gasteiger partial charge in [0.05, 0.1) is 24.2 Å². The van der Waals surface area contributed by atoms with Crippen molar-refractivity contribution < 1.29 is 34.7 Å². The molecule has 0 aromatic heterocycles.